The molecule has 1 N–H and O–H groups in total. The lowest BCUT2D eigenvalue weighted by atomic mass is 10.1. The van der Waals surface area contributed by atoms with E-state index in [1.807, 2.05) is 30.3 Å². The van der Waals surface area contributed by atoms with Crippen LogP contribution in [0.25, 0.3) is 10.8 Å². The van der Waals surface area contributed by atoms with Crippen molar-refractivity contribution in [2.45, 2.75) is 4.90 Å². The number of fused-ring (bicyclic) bond motifs is 1. The van der Waals surface area contributed by atoms with Crippen molar-refractivity contribution in [2.24, 2.45) is 0 Å². The van der Waals surface area contributed by atoms with Gasteiger partial charge in [0.25, 0.3) is 0 Å². The van der Waals surface area contributed by atoms with Crippen LogP contribution in [0.2, 0.25) is 5.02 Å². The van der Waals surface area contributed by atoms with Gasteiger partial charge in [0, 0.05) is 27.1 Å². The van der Waals surface area contributed by atoms with E-state index < -0.39 is 11.6 Å². The van der Waals surface area contributed by atoms with Crippen molar-refractivity contribution in [3.8, 4) is 0 Å². The molecule has 122 valence electrons. The molecule has 0 aliphatic heterocycles. The number of thioether (sulfide) groups is 1. The number of hydrogen-bond donors (Lipinski definition) is 1. The Kier molecular flexibility index (Phi) is 5.02. The van der Waals surface area contributed by atoms with Crippen molar-refractivity contribution in [3.63, 3.8) is 0 Å². The fourth-order valence-electron chi connectivity index (χ4n) is 2.30. The third-order valence-electron chi connectivity index (χ3n) is 3.38. The summed E-state index contributed by atoms with van der Waals surface area (Å²) in [6.45, 7) is 0. The fraction of sp³-hybridized carbons (Fsp3) is 0.0556. The minimum absolute atomic E-state index is 0.128. The number of amides is 1. The molecule has 0 saturated carbocycles. The highest BCUT2D eigenvalue weighted by atomic mass is 35.5. The molecule has 0 aliphatic rings. The largest absolute Gasteiger partial charge is 0.325 e. The van der Waals surface area contributed by atoms with Crippen molar-refractivity contribution in [2.75, 3.05) is 11.1 Å². The summed E-state index contributed by atoms with van der Waals surface area (Å²) in [4.78, 5) is 12.9. The van der Waals surface area contributed by atoms with Crippen LogP contribution in [0.4, 0.5) is 14.5 Å². The van der Waals surface area contributed by atoms with Crippen molar-refractivity contribution in [1.82, 2.24) is 0 Å². The Balaban J connectivity index is 1.71. The Hall–Kier alpha value is -2.11. The van der Waals surface area contributed by atoms with Gasteiger partial charge in [-0.05, 0) is 29.7 Å². The number of anilines is 1. The maximum Gasteiger partial charge on any atom is 0.234 e. The van der Waals surface area contributed by atoms with E-state index in [0.29, 0.717) is 5.02 Å². The van der Waals surface area contributed by atoms with Gasteiger partial charge in [-0.15, -0.1) is 11.8 Å². The molecule has 3 rings (SSSR count). The average Bonchev–Trinajstić information content (AvgIpc) is 2.56. The predicted molar refractivity (Wildman–Crippen MR) is 94.7 cm³/mol. The van der Waals surface area contributed by atoms with Gasteiger partial charge in [0.1, 0.15) is 0 Å². The molecule has 1 amide bonds. The van der Waals surface area contributed by atoms with Crippen LogP contribution in [0.5, 0.6) is 0 Å². The molecule has 0 aromatic heterocycles. The molecule has 24 heavy (non-hydrogen) atoms. The first-order valence-corrected chi connectivity index (χ1v) is 8.46. The molecule has 0 spiro atoms. The van der Waals surface area contributed by atoms with Gasteiger partial charge in [-0.1, -0.05) is 35.9 Å². The summed E-state index contributed by atoms with van der Waals surface area (Å²) in [7, 11) is 0. The second kappa shape index (κ2) is 7.20. The van der Waals surface area contributed by atoms with Crippen LogP contribution in [0.1, 0.15) is 0 Å². The summed E-state index contributed by atoms with van der Waals surface area (Å²) in [6.07, 6.45) is 0. The van der Waals surface area contributed by atoms with E-state index in [0.717, 1.165) is 27.8 Å². The van der Waals surface area contributed by atoms with E-state index in [4.69, 9.17) is 11.6 Å². The molecule has 6 heteroatoms. The lowest BCUT2D eigenvalue weighted by molar-refractivity contribution is -0.113. The quantitative estimate of drug-likeness (QED) is 0.620. The lowest BCUT2D eigenvalue weighted by Crippen LogP contribution is -2.14. The van der Waals surface area contributed by atoms with Crippen molar-refractivity contribution in [1.29, 1.82) is 0 Å². The van der Waals surface area contributed by atoms with Crippen LogP contribution in [0.15, 0.2) is 59.5 Å². The van der Waals surface area contributed by atoms with Crippen molar-refractivity contribution in [3.05, 3.63) is 71.3 Å². The lowest BCUT2D eigenvalue weighted by Gasteiger charge is -2.09. The molecule has 0 bridgehead atoms. The molecule has 0 aliphatic carbocycles. The molecular weight excluding hydrogens is 352 g/mol. The van der Waals surface area contributed by atoms with Crippen LogP contribution in [-0.2, 0) is 4.79 Å². The Morgan fingerprint density at radius 1 is 1.04 bits per heavy atom. The van der Waals surface area contributed by atoms with Gasteiger partial charge in [0.05, 0.1) is 5.75 Å². The maximum absolute atomic E-state index is 13.2. The number of carbonyl (C=O) groups excluding carboxylic acids is 1. The summed E-state index contributed by atoms with van der Waals surface area (Å²) in [5.74, 6) is -2.13. The Morgan fingerprint density at radius 2 is 1.79 bits per heavy atom. The smallest absolute Gasteiger partial charge is 0.234 e. The minimum Gasteiger partial charge on any atom is -0.325 e. The van der Waals surface area contributed by atoms with Gasteiger partial charge in [-0.3, -0.25) is 4.79 Å². The van der Waals surface area contributed by atoms with E-state index in [9.17, 15) is 13.6 Å². The zero-order valence-electron chi connectivity index (χ0n) is 12.4. The highest BCUT2D eigenvalue weighted by Crippen LogP contribution is 2.33. The standard InChI is InChI=1S/C18H12ClF2NOS/c19-13-5-1-3-11-4-2-6-16(18(11)13)24-10-17(23)22-12-7-8-14(20)15(21)9-12/h1-9H,10H2,(H,22,23). The number of rotatable bonds is 4. The molecule has 3 aromatic rings. The van der Waals surface area contributed by atoms with Gasteiger partial charge < -0.3 is 5.32 Å². The number of carbonyl (C=O) groups is 1. The number of hydrogen-bond acceptors (Lipinski definition) is 2. The third-order valence-corrected chi connectivity index (χ3v) is 4.75. The molecular formula is C18H12ClF2NOS. The Morgan fingerprint density at radius 3 is 2.54 bits per heavy atom. The third kappa shape index (κ3) is 3.68. The van der Waals surface area contributed by atoms with E-state index in [1.54, 1.807) is 6.07 Å². The van der Waals surface area contributed by atoms with Crippen LogP contribution >= 0.6 is 23.4 Å². The van der Waals surface area contributed by atoms with Gasteiger partial charge >= 0.3 is 0 Å². The van der Waals surface area contributed by atoms with Crippen molar-refractivity contribution < 1.29 is 13.6 Å². The van der Waals surface area contributed by atoms with Crippen molar-refractivity contribution >= 4 is 45.7 Å². The van der Waals surface area contributed by atoms with Gasteiger partial charge in [0.15, 0.2) is 11.6 Å². The van der Waals surface area contributed by atoms with Crippen LogP contribution < -0.4 is 5.32 Å². The maximum atomic E-state index is 13.2. The summed E-state index contributed by atoms with van der Waals surface area (Å²) >= 11 is 7.58. The SMILES string of the molecule is O=C(CSc1cccc2cccc(Cl)c12)Nc1ccc(F)c(F)c1. The highest BCUT2D eigenvalue weighted by molar-refractivity contribution is 8.00. The molecule has 0 atom stereocenters. The Labute approximate surface area is 146 Å². The molecule has 0 heterocycles. The minimum atomic E-state index is -0.999. The first kappa shape index (κ1) is 16.7. The number of halogens is 3. The number of nitrogens with one attached hydrogen (secondary N) is 1. The monoisotopic (exact) mass is 363 g/mol. The highest BCUT2D eigenvalue weighted by Gasteiger charge is 2.10. The van der Waals surface area contributed by atoms with E-state index in [-0.39, 0.29) is 17.3 Å². The zero-order chi connectivity index (χ0) is 17.1. The number of benzene rings is 3. The van der Waals surface area contributed by atoms with Crippen LogP contribution in [0, 0.1) is 11.6 Å². The second-order valence-corrected chi connectivity index (χ2v) is 6.48. The van der Waals surface area contributed by atoms with E-state index in [2.05, 4.69) is 5.32 Å². The normalized spacial score (nSPS) is 10.8. The van der Waals surface area contributed by atoms with Gasteiger partial charge in [0.2, 0.25) is 5.91 Å². The first-order valence-electron chi connectivity index (χ1n) is 7.09. The second-order valence-electron chi connectivity index (χ2n) is 5.06. The molecule has 2 nitrogen and oxygen atoms in total. The predicted octanol–water partition coefficient (Wildman–Crippen LogP) is 5.50. The molecule has 3 aromatic carbocycles. The van der Waals surface area contributed by atoms with Gasteiger partial charge in [-0.25, -0.2) is 8.78 Å². The first-order chi connectivity index (χ1) is 11.5. The zero-order valence-corrected chi connectivity index (χ0v) is 13.9. The van der Waals surface area contributed by atoms with E-state index >= 15 is 0 Å². The molecule has 0 saturated heterocycles. The van der Waals surface area contributed by atoms with Crippen LogP contribution in [0.3, 0.4) is 0 Å². The molecule has 0 fully saturated rings. The Bertz CT molecular complexity index is 911. The molecule has 0 radical (unpaired) electrons. The van der Waals surface area contributed by atoms with Crippen LogP contribution in [-0.4, -0.2) is 11.7 Å². The summed E-state index contributed by atoms with van der Waals surface area (Å²) in [6, 6.07) is 14.6. The summed E-state index contributed by atoms with van der Waals surface area (Å²) in [5.41, 5.74) is 0.218. The summed E-state index contributed by atoms with van der Waals surface area (Å²) in [5, 5.41) is 5.05. The topological polar surface area (TPSA) is 29.1 Å². The summed E-state index contributed by atoms with van der Waals surface area (Å²) < 4.78 is 26.0. The fourth-order valence-corrected chi connectivity index (χ4v) is 3.54. The average molecular weight is 364 g/mol. The van der Waals surface area contributed by atoms with Gasteiger partial charge in [-0.2, -0.15) is 0 Å². The van der Waals surface area contributed by atoms with E-state index in [1.165, 1.54) is 17.8 Å². The molecule has 0 unspecified atom stereocenters.